The van der Waals surface area contributed by atoms with Crippen LogP contribution >= 0.6 is 40.7 Å². The third-order valence-electron chi connectivity index (χ3n) is 4.46. The number of fused-ring (bicyclic) bond motifs is 2. The van der Waals surface area contributed by atoms with Gasteiger partial charge in [-0.3, -0.25) is 9.69 Å². The number of pyridine rings is 1. The van der Waals surface area contributed by atoms with Gasteiger partial charge in [0, 0.05) is 28.8 Å². The molecule has 0 saturated carbocycles. The molecule has 2 atom stereocenters. The van der Waals surface area contributed by atoms with E-state index in [9.17, 15) is 4.79 Å². The number of aromatic nitrogens is 1. The van der Waals surface area contributed by atoms with Crippen molar-refractivity contribution >= 4 is 52.5 Å². The summed E-state index contributed by atoms with van der Waals surface area (Å²) in [5.74, 6) is 0.597. The van der Waals surface area contributed by atoms with Crippen molar-refractivity contribution in [1.82, 2.24) is 15.2 Å². The van der Waals surface area contributed by atoms with Crippen LogP contribution in [0.5, 0.6) is 0 Å². The summed E-state index contributed by atoms with van der Waals surface area (Å²) in [6, 6.07) is 5.47. The van der Waals surface area contributed by atoms with Crippen molar-refractivity contribution in [1.29, 1.82) is 0 Å². The molecule has 2 unspecified atom stereocenters. The molecule has 2 aliphatic heterocycles. The van der Waals surface area contributed by atoms with E-state index in [0.29, 0.717) is 30.5 Å². The second-order valence-corrected chi connectivity index (χ2v) is 7.00. The van der Waals surface area contributed by atoms with Gasteiger partial charge in [-0.1, -0.05) is 0 Å². The van der Waals surface area contributed by atoms with E-state index >= 15 is 0 Å². The summed E-state index contributed by atoms with van der Waals surface area (Å²) in [6.07, 6.45) is 6.55. The van der Waals surface area contributed by atoms with Crippen LogP contribution in [0.25, 0.3) is 0 Å². The number of anilines is 1. The van der Waals surface area contributed by atoms with E-state index in [1.807, 2.05) is 13.1 Å². The molecule has 2 bridgehead atoms. The lowest BCUT2D eigenvalue weighted by Crippen LogP contribution is -2.48. The molecule has 1 amide bonds. The number of halogens is 3. The number of likely N-dealkylation sites (N-methyl/N-ethyl adjacent to an activating group) is 1. The molecule has 2 N–H and O–H groups in total. The van der Waals surface area contributed by atoms with E-state index in [2.05, 4.69) is 36.4 Å². The van der Waals surface area contributed by atoms with Crippen LogP contribution in [0.15, 0.2) is 22.8 Å². The number of carbonyl (C=O) groups excluding carboxylic acids is 1. The first kappa shape index (κ1) is 20.6. The molecule has 1 aromatic heterocycles. The molecule has 1 aromatic rings. The summed E-state index contributed by atoms with van der Waals surface area (Å²) < 4.78 is 0.905. The number of hydrogen-bond acceptors (Lipinski definition) is 4. The van der Waals surface area contributed by atoms with E-state index in [4.69, 9.17) is 0 Å². The highest BCUT2D eigenvalue weighted by Crippen LogP contribution is 2.29. The second-order valence-electron chi connectivity index (χ2n) is 6.09. The van der Waals surface area contributed by atoms with Gasteiger partial charge in [0.1, 0.15) is 5.82 Å². The summed E-state index contributed by atoms with van der Waals surface area (Å²) in [7, 11) is 2.05. The maximum Gasteiger partial charge on any atom is 0.239 e. The average molecular weight is 426 g/mol. The Morgan fingerprint density at radius 2 is 2.00 bits per heavy atom. The highest BCUT2D eigenvalue weighted by molar-refractivity contribution is 9.10. The minimum Gasteiger partial charge on any atom is -0.311 e. The molecular formula is C15H23BrCl2N4O. The molecule has 2 aliphatic rings. The van der Waals surface area contributed by atoms with Gasteiger partial charge in [0.15, 0.2) is 0 Å². The Hall–Kier alpha value is -0.400. The monoisotopic (exact) mass is 424 g/mol. The molecular weight excluding hydrogens is 403 g/mol. The Morgan fingerprint density at radius 1 is 1.35 bits per heavy atom. The largest absolute Gasteiger partial charge is 0.311 e. The lowest BCUT2D eigenvalue weighted by atomic mass is 9.98. The first-order valence-electron chi connectivity index (χ1n) is 7.48. The lowest BCUT2D eigenvalue weighted by Gasteiger charge is -2.35. The van der Waals surface area contributed by atoms with E-state index in [1.54, 1.807) is 12.3 Å². The standard InChI is InChI=1S/C15H21BrN4O.2ClH/c1-20(13-6-11-3-4-12(7-13)18-11)9-15(21)19-14-5-2-10(16)8-17-14;;/h2,5,8,11-13,18H,3-4,6-7,9H2,1H3,(H,17,19,21);2*1H. The Labute approximate surface area is 157 Å². The van der Waals surface area contributed by atoms with Crippen molar-refractivity contribution in [2.45, 2.75) is 43.8 Å². The van der Waals surface area contributed by atoms with Crippen LogP contribution < -0.4 is 10.6 Å². The number of hydrogen-bond donors (Lipinski definition) is 2. The smallest absolute Gasteiger partial charge is 0.239 e. The van der Waals surface area contributed by atoms with Gasteiger partial charge in [0.25, 0.3) is 0 Å². The van der Waals surface area contributed by atoms with Gasteiger partial charge >= 0.3 is 0 Å². The van der Waals surface area contributed by atoms with E-state index in [1.165, 1.54) is 12.8 Å². The first-order valence-corrected chi connectivity index (χ1v) is 8.27. The quantitative estimate of drug-likeness (QED) is 0.778. The normalized spacial score (nSPS) is 25.4. The second kappa shape index (κ2) is 9.18. The molecule has 2 saturated heterocycles. The van der Waals surface area contributed by atoms with Crippen molar-refractivity contribution in [3.8, 4) is 0 Å². The van der Waals surface area contributed by atoms with Crippen molar-refractivity contribution < 1.29 is 4.79 Å². The van der Waals surface area contributed by atoms with E-state index in [-0.39, 0.29) is 30.7 Å². The summed E-state index contributed by atoms with van der Waals surface area (Å²) in [5, 5.41) is 6.48. The molecule has 2 fully saturated rings. The fourth-order valence-corrected chi connectivity index (χ4v) is 3.61. The molecule has 0 aliphatic carbocycles. The molecule has 0 radical (unpaired) electrons. The molecule has 8 heteroatoms. The van der Waals surface area contributed by atoms with Crippen LogP contribution in [0.3, 0.4) is 0 Å². The molecule has 3 heterocycles. The summed E-state index contributed by atoms with van der Waals surface area (Å²) in [6.45, 7) is 0.419. The van der Waals surface area contributed by atoms with Crippen LogP contribution in [-0.2, 0) is 4.79 Å². The van der Waals surface area contributed by atoms with Crippen molar-refractivity contribution in [3.63, 3.8) is 0 Å². The van der Waals surface area contributed by atoms with Crippen molar-refractivity contribution in [2.24, 2.45) is 0 Å². The van der Waals surface area contributed by atoms with Gasteiger partial charge in [0.2, 0.25) is 5.91 Å². The van der Waals surface area contributed by atoms with Gasteiger partial charge < -0.3 is 10.6 Å². The topological polar surface area (TPSA) is 57.3 Å². The average Bonchev–Trinajstić information content (AvgIpc) is 2.80. The van der Waals surface area contributed by atoms with Gasteiger partial charge in [-0.05, 0) is 60.8 Å². The van der Waals surface area contributed by atoms with Crippen LogP contribution in [0.4, 0.5) is 5.82 Å². The Bertz CT molecular complexity index is 505. The number of nitrogens with zero attached hydrogens (tertiary/aromatic N) is 2. The summed E-state index contributed by atoms with van der Waals surface area (Å²) in [4.78, 5) is 18.5. The zero-order chi connectivity index (χ0) is 14.8. The zero-order valence-corrected chi connectivity index (χ0v) is 16.2. The molecule has 130 valence electrons. The predicted octanol–water partition coefficient (Wildman–Crippen LogP) is 2.84. The lowest BCUT2D eigenvalue weighted by molar-refractivity contribution is -0.117. The van der Waals surface area contributed by atoms with Crippen LogP contribution in [0.2, 0.25) is 0 Å². The maximum atomic E-state index is 12.1. The molecule has 0 aromatic carbocycles. The summed E-state index contributed by atoms with van der Waals surface area (Å²) in [5.41, 5.74) is 0. The number of piperidine rings is 1. The predicted molar refractivity (Wildman–Crippen MR) is 101 cm³/mol. The molecule has 0 spiro atoms. The van der Waals surface area contributed by atoms with Gasteiger partial charge in [-0.15, -0.1) is 24.8 Å². The first-order chi connectivity index (χ1) is 10.1. The summed E-state index contributed by atoms with van der Waals surface area (Å²) >= 11 is 3.33. The fourth-order valence-electron chi connectivity index (χ4n) is 3.37. The van der Waals surface area contributed by atoms with Gasteiger partial charge in [-0.25, -0.2) is 4.98 Å². The molecule has 5 nitrogen and oxygen atoms in total. The van der Waals surface area contributed by atoms with Gasteiger partial charge in [0.05, 0.1) is 6.54 Å². The SMILES string of the molecule is CN(CC(=O)Nc1ccc(Br)cn1)C1CC2CCC(C1)N2.Cl.Cl. The van der Waals surface area contributed by atoms with E-state index < -0.39 is 0 Å². The number of nitrogens with one attached hydrogen (secondary N) is 2. The number of amides is 1. The third kappa shape index (κ3) is 5.57. The van der Waals surface area contributed by atoms with E-state index in [0.717, 1.165) is 17.3 Å². The zero-order valence-electron chi connectivity index (χ0n) is 13.0. The van der Waals surface area contributed by atoms with Gasteiger partial charge in [-0.2, -0.15) is 0 Å². The van der Waals surface area contributed by atoms with Crippen molar-refractivity contribution in [2.75, 3.05) is 18.9 Å². The minimum absolute atomic E-state index is 0. The van der Waals surface area contributed by atoms with Crippen LogP contribution in [-0.4, -0.2) is 47.5 Å². The highest BCUT2D eigenvalue weighted by Gasteiger charge is 2.35. The maximum absolute atomic E-state index is 12.1. The van der Waals surface area contributed by atoms with Crippen LogP contribution in [0.1, 0.15) is 25.7 Å². The van der Waals surface area contributed by atoms with Crippen LogP contribution in [0, 0.1) is 0 Å². The Kier molecular flexibility index (Phi) is 8.24. The van der Waals surface area contributed by atoms with Crippen molar-refractivity contribution in [3.05, 3.63) is 22.8 Å². The number of rotatable bonds is 4. The molecule has 23 heavy (non-hydrogen) atoms. The Morgan fingerprint density at radius 3 is 2.57 bits per heavy atom. The Balaban J connectivity index is 0.00000132. The molecule has 3 rings (SSSR count). The third-order valence-corrected chi connectivity index (χ3v) is 4.93. The minimum atomic E-state index is -0.00166. The fraction of sp³-hybridized carbons (Fsp3) is 0.600. The highest BCUT2D eigenvalue weighted by atomic mass is 79.9. The number of carbonyl (C=O) groups is 1.